The van der Waals surface area contributed by atoms with Gasteiger partial charge in [0.05, 0.1) is 5.71 Å². The van der Waals surface area contributed by atoms with Gasteiger partial charge in [-0.05, 0) is 24.1 Å². The average molecular weight is 471 g/mol. The molecular weight excluding hydrogens is 451 g/mol. The van der Waals surface area contributed by atoms with Crippen molar-refractivity contribution < 1.29 is 36.4 Å². The minimum atomic E-state index is -4.51. The monoisotopic (exact) mass is 471 g/mol. The van der Waals surface area contributed by atoms with Gasteiger partial charge in [-0.2, -0.15) is 13.2 Å². The van der Waals surface area contributed by atoms with Crippen LogP contribution < -0.4 is 5.48 Å². The van der Waals surface area contributed by atoms with Crippen LogP contribution in [0.3, 0.4) is 0 Å². The summed E-state index contributed by atoms with van der Waals surface area (Å²) in [5.41, 5.74) is 2.75. The predicted octanol–water partition coefficient (Wildman–Crippen LogP) is 2.96. The summed E-state index contributed by atoms with van der Waals surface area (Å²) in [6, 6.07) is 9.02. The third kappa shape index (κ3) is 4.75. The summed E-state index contributed by atoms with van der Waals surface area (Å²) in [6.45, 7) is 1.20. The molecule has 2 aromatic rings. The van der Waals surface area contributed by atoms with E-state index >= 15 is 0 Å². The molecule has 1 amide bonds. The van der Waals surface area contributed by atoms with Crippen molar-refractivity contribution in [1.82, 2.24) is 10.5 Å². The van der Waals surface area contributed by atoms with Gasteiger partial charge in [-0.25, -0.2) is 13.9 Å². The first kappa shape index (κ1) is 23.7. The van der Waals surface area contributed by atoms with E-state index in [1.807, 2.05) is 0 Å². The molecule has 0 saturated carbocycles. The number of hydroxylamine groups is 1. The number of benzene rings is 1. The summed E-state index contributed by atoms with van der Waals surface area (Å²) < 4.78 is 60.3. The molecule has 0 radical (unpaired) electrons. The second-order valence-corrected chi connectivity index (χ2v) is 10.1. The molecule has 0 saturated heterocycles. The largest absolute Gasteiger partial charge is 0.433 e. The molecule has 2 heterocycles. The fourth-order valence-corrected chi connectivity index (χ4v) is 4.13. The van der Waals surface area contributed by atoms with Crippen LogP contribution in [0.1, 0.15) is 31.0 Å². The number of rotatable bonds is 6. The molecule has 0 aliphatic carbocycles. The van der Waals surface area contributed by atoms with Crippen molar-refractivity contribution in [2.24, 2.45) is 5.16 Å². The number of pyridine rings is 1. The topological polar surface area (TPSA) is 118 Å². The zero-order valence-corrected chi connectivity index (χ0v) is 17.9. The molecule has 1 unspecified atom stereocenters. The number of oxime groups is 1. The van der Waals surface area contributed by atoms with Crippen LogP contribution in [0.2, 0.25) is 0 Å². The lowest BCUT2D eigenvalue weighted by atomic mass is 9.96. The molecule has 2 atom stereocenters. The molecule has 3 rings (SSSR count). The summed E-state index contributed by atoms with van der Waals surface area (Å²) in [5, 5.41) is 12.9. The third-order valence-electron chi connectivity index (χ3n) is 5.36. The highest BCUT2D eigenvalue weighted by atomic mass is 32.2. The van der Waals surface area contributed by atoms with E-state index in [2.05, 4.69) is 10.1 Å². The number of alkyl halides is 3. The number of amides is 1. The molecule has 1 aromatic heterocycles. The number of aromatic nitrogens is 1. The number of nitrogens with zero attached hydrogens (tertiary/aromatic N) is 2. The van der Waals surface area contributed by atoms with Gasteiger partial charge in [0.1, 0.15) is 11.8 Å². The Bertz CT molecular complexity index is 1130. The lowest BCUT2D eigenvalue weighted by Gasteiger charge is -2.26. The number of hydrogen-bond donors (Lipinski definition) is 2. The van der Waals surface area contributed by atoms with E-state index in [0.717, 1.165) is 18.5 Å². The Hall–Kier alpha value is -2.99. The van der Waals surface area contributed by atoms with Gasteiger partial charge < -0.3 is 4.84 Å². The van der Waals surface area contributed by atoms with Crippen LogP contribution in [0.4, 0.5) is 13.2 Å². The molecule has 1 aromatic carbocycles. The number of carbonyl (C=O) groups excluding carboxylic acids is 1. The summed E-state index contributed by atoms with van der Waals surface area (Å²) in [4.78, 5) is 20.7. The zero-order valence-electron chi connectivity index (χ0n) is 17.0. The molecule has 172 valence electrons. The van der Waals surface area contributed by atoms with Gasteiger partial charge in [-0.15, -0.1) is 0 Å². The second kappa shape index (κ2) is 8.51. The van der Waals surface area contributed by atoms with Crippen molar-refractivity contribution in [2.45, 2.75) is 36.8 Å². The summed E-state index contributed by atoms with van der Waals surface area (Å²) in [6.07, 6.45) is -3.17. The molecule has 8 nitrogen and oxygen atoms in total. The number of sulfone groups is 1. The molecule has 1 aliphatic rings. The smallest absolute Gasteiger partial charge is 0.392 e. The van der Waals surface area contributed by atoms with Crippen molar-refractivity contribution >= 4 is 21.5 Å². The fourth-order valence-electron chi connectivity index (χ4n) is 3.26. The Morgan fingerprint density at radius 1 is 1.16 bits per heavy atom. The number of carbonyl (C=O) groups is 1. The Morgan fingerprint density at radius 2 is 1.75 bits per heavy atom. The molecular formula is C20H20F3N3O5S. The second-order valence-electron chi connectivity index (χ2n) is 7.62. The quantitative estimate of drug-likeness (QED) is 0.494. The van der Waals surface area contributed by atoms with Gasteiger partial charge >= 0.3 is 6.18 Å². The van der Waals surface area contributed by atoms with Gasteiger partial charge in [0.25, 0.3) is 5.91 Å². The van der Waals surface area contributed by atoms with Gasteiger partial charge in [-0.3, -0.25) is 15.0 Å². The minimum Gasteiger partial charge on any atom is -0.392 e. The molecule has 0 spiro atoms. The summed E-state index contributed by atoms with van der Waals surface area (Å²) >= 11 is 0. The van der Waals surface area contributed by atoms with Crippen LogP contribution >= 0.6 is 0 Å². The van der Waals surface area contributed by atoms with E-state index in [4.69, 9.17) is 10.0 Å². The van der Waals surface area contributed by atoms with Gasteiger partial charge in [0.2, 0.25) is 0 Å². The SMILES string of the molecule is CC(C[C@H]1CC(c2ccc(-c3ccc(C(F)(F)F)nc3)cc2)=NO1)(C(=O)NO)S(C)(=O)=O. The third-order valence-corrected chi connectivity index (χ3v) is 7.34. The maximum Gasteiger partial charge on any atom is 0.433 e. The van der Waals surface area contributed by atoms with E-state index < -0.39 is 38.5 Å². The normalized spacial score (nSPS) is 18.4. The van der Waals surface area contributed by atoms with E-state index in [1.165, 1.54) is 18.5 Å². The lowest BCUT2D eigenvalue weighted by Crippen LogP contribution is -2.51. The Morgan fingerprint density at radius 3 is 2.25 bits per heavy atom. The molecule has 1 aliphatic heterocycles. The Labute approximate surface area is 182 Å². The fraction of sp³-hybridized carbons (Fsp3) is 0.350. The number of nitrogens with one attached hydrogen (secondary N) is 1. The molecule has 2 N–H and O–H groups in total. The van der Waals surface area contributed by atoms with Gasteiger partial charge in [0.15, 0.2) is 14.6 Å². The van der Waals surface area contributed by atoms with Crippen molar-refractivity contribution in [2.75, 3.05) is 6.26 Å². The highest BCUT2D eigenvalue weighted by molar-refractivity contribution is 7.92. The molecule has 32 heavy (non-hydrogen) atoms. The van der Waals surface area contributed by atoms with Crippen molar-refractivity contribution in [3.63, 3.8) is 0 Å². The van der Waals surface area contributed by atoms with Crippen molar-refractivity contribution in [1.29, 1.82) is 0 Å². The average Bonchev–Trinajstić information content (AvgIpc) is 3.20. The van der Waals surface area contributed by atoms with Crippen LogP contribution in [0.25, 0.3) is 11.1 Å². The number of hydrogen-bond acceptors (Lipinski definition) is 7. The van der Waals surface area contributed by atoms with E-state index in [0.29, 0.717) is 22.4 Å². The maximum atomic E-state index is 12.7. The molecule has 0 bridgehead atoms. The van der Waals surface area contributed by atoms with Crippen LogP contribution in [0.5, 0.6) is 0 Å². The first-order valence-corrected chi connectivity index (χ1v) is 11.2. The minimum absolute atomic E-state index is 0.222. The predicted molar refractivity (Wildman–Crippen MR) is 108 cm³/mol. The van der Waals surface area contributed by atoms with Crippen LogP contribution in [-0.2, 0) is 25.6 Å². The standard InChI is InChI=1S/C20H20F3N3O5S/c1-19(18(27)25-28,32(2,29)30)10-15-9-16(26-31-15)13-5-3-12(4-6-13)14-7-8-17(24-11-14)20(21,22)23/h3-8,11,15,28H,9-10H2,1-2H3,(H,25,27)/t15-,19?/m1/s1. The van der Waals surface area contributed by atoms with Crippen LogP contribution in [0, 0.1) is 0 Å². The highest BCUT2D eigenvalue weighted by Crippen LogP contribution is 2.31. The van der Waals surface area contributed by atoms with Gasteiger partial charge in [0, 0.05) is 30.9 Å². The Kier molecular flexibility index (Phi) is 6.29. The Balaban J connectivity index is 1.71. The summed E-state index contributed by atoms with van der Waals surface area (Å²) in [5.74, 6) is -1.06. The van der Waals surface area contributed by atoms with E-state index in [-0.39, 0.29) is 12.8 Å². The first-order chi connectivity index (χ1) is 14.8. The van der Waals surface area contributed by atoms with E-state index in [9.17, 15) is 26.4 Å². The number of halogens is 3. The van der Waals surface area contributed by atoms with Crippen molar-refractivity contribution in [3.8, 4) is 11.1 Å². The van der Waals surface area contributed by atoms with E-state index in [1.54, 1.807) is 24.3 Å². The summed E-state index contributed by atoms with van der Waals surface area (Å²) in [7, 11) is -3.87. The zero-order chi connectivity index (χ0) is 23.7. The molecule has 0 fully saturated rings. The maximum absolute atomic E-state index is 12.7. The van der Waals surface area contributed by atoms with Gasteiger partial charge in [-0.1, -0.05) is 35.5 Å². The van der Waals surface area contributed by atoms with Crippen LogP contribution in [-0.4, -0.2) is 47.3 Å². The van der Waals surface area contributed by atoms with Crippen molar-refractivity contribution in [3.05, 3.63) is 53.9 Å². The highest BCUT2D eigenvalue weighted by Gasteiger charge is 2.47. The first-order valence-electron chi connectivity index (χ1n) is 9.36. The molecule has 12 heteroatoms. The van der Waals surface area contributed by atoms with Crippen LogP contribution in [0.15, 0.2) is 47.8 Å². The lowest BCUT2D eigenvalue weighted by molar-refractivity contribution is -0.141.